The molecule has 1 fully saturated rings. The van der Waals surface area contributed by atoms with Crippen LogP contribution in [0, 0.1) is 6.92 Å². The SMILES string of the molecule is COc1ccc(CN=C(N)Nc2ccc(C)cc2)c(OC2CCCC2)c1. The number of hydrogen-bond acceptors (Lipinski definition) is 3. The molecule has 0 aromatic heterocycles. The van der Waals surface area contributed by atoms with Gasteiger partial charge in [0.25, 0.3) is 0 Å². The fraction of sp³-hybridized carbons (Fsp3) is 0.381. The fourth-order valence-corrected chi connectivity index (χ4v) is 3.08. The molecule has 0 heterocycles. The van der Waals surface area contributed by atoms with Gasteiger partial charge in [0.15, 0.2) is 5.96 Å². The van der Waals surface area contributed by atoms with Crippen molar-refractivity contribution in [3.8, 4) is 11.5 Å². The highest BCUT2D eigenvalue weighted by Crippen LogP contribution is 2.30. The van der Waals surface area contributed by atoms with Gasteiger partial charge in [-0.05, 0) is 56.9 Å². The third-order valence-electron chi connectivity index (χ3n) is 4.61. The molecule has 138 valence electrons. The van der Waals surface area contributed by atoms with Crippen LogP contribution >= 0.6 is 0 Å². The summed E-state index contributed by atoms with van der Waals surface area (Å²) >= 11 is 0. The molecular weight excluding hydrogens is 326 g/mol. The lowest BCUT2D eigenvalue weighted by Gasteiger charge is -2.17. The van der Waals surface area contributed by atoms with Crippen molar-refractivity contribution in [3.63, 3.8) is 0 Å². The Morgan fingerprint density at radius 1 is 1.15 bits per heavy atom. The lowest BCUT2D eigenvalue weighted by molar-refractivity contribution is 0.207. The molecule has 26 heavy (non-hydrogen) atoms. The Hall–Kier alpha value is -2.69. The standard InChI is InChI=1S/C21H27N3O2/c1-15-7-10-17(11-8-15)24-21(22)23-14-16-9-12-19(25-2)13-20(16)26-18-5-3-4-6-18/h7-13,18H,3-6,14H2,1-2H3,(H3,22,23,24). The molecule has 0 spiro atoms. The van der Waals surface area contributed by atoms with Crippen LogP contribution in [-0.4, -0.2) is 19.2 Å². The average Bonchev–Trinajstić information content (AvgIpc) is 3.15. The first kappa shape index (κ1) is 18.1. The minimum atomic E-state index is 0.285. The number of rotatable bonds is 6. The molecule has 0 amide bonds. The summed E-state index contributed by atoms with van der Waals surface area (Å²) in [6.45, 7) is 2.51. The van der Waals surface area contributed by atoms with E-state index >= 15 is 0 Å². The maximum Gasteiger partial charge on any atom is 0.193 e. The van der Waals surface area contributed by atoms with Gasteiger partial charge >= 0.3 is 0 Å². The molecule has 0 saturated heterocycles. The van der Waals surface area contributed by atoms with Gasteiger partial charge in [0.1, 0.15) is 11.5 Å². The van der Waals surface area contributed by atoms with Crippen molar-refractivity contribution >= 4 is 11.6 Å². The van der Waals surface area contributed by atoms with Crippen LogP contribution in [0.4, 0.5) is 5.69 Å². The number of guanidine groups is 1. The van der Waals surface area contributed by atoms with Gasteiger partial charge in [-0.2, -0.15) is 0 Å². The molecule has 3 rings (SSSR count). The maximum atomic E-state index is 6.20. The van der Waals surface area contributed by atoms with Crippen molar-refractivity contribution in [1.29, 1.82) is 0 Å². The Balaban J connectivity index is 1.69. The maximum absolute atomic E-state index is 6.20. The predicted octanol–water partition coefficient (Wildman–Crippen LogP) is 4.25. The average molecular weight is 353 g/mol. The van der Waals surface area contributed by atoms with Gasteiger partial charge in [-0.15, -0.1) is 0 Å². The summed E-state index contributed by atoms with van der Waals surface area (Å²) in [6, 6.07) is 13.9. The number of aliphatic imine (C=N–C) groups is 1. The zero-order chi connectivity index (χ0) is 18.4. The van der Waals surface area contributed by atoms with Crippen molar-refractivity contribution in [3.05, 3.63) is 53.6 Å². The molecule has 1 aliphatic carbocycles. The number of nitrogens with two attached hydrogens (primary N) is 1. The van der Waals surface area contributed by atoms with Gasteiger partial charge in [0.2, 0.25) is 0 Å². The first-order chi connectivity index (χ1) is 12.6. The Morgan fingerprint density at radius 3 is 2.58 bits per heavy atom. The second kappa shape index (κ2) is 8.61. The highest BCUT2D eigenvalue weighted by molar-refractivity contribution is 5.92. The molecule has 0 bridgehead atoms. The Bertz CT molecular complexity index is 750. The molecule has 5 heteroatoms. The second-order valence-electron chi connectivity index (χ2n) is 6.69. The van der Waals surface area contributed by atoms with Crippen molar-refractivity contribution in [2.75, 3.05) is 12.4 Å². The smallest absolute Gasteiger partial charge is 0.193 e. The van der Waals surface area contributed by atoms with Crippen molar-refractivity contribution in [1.82, 2.24) is 0 Å². The number of aryl methyl sites for hydroxylation is 1. The highest BCUT2D eigenvalue weighted by atomic mass is 16.5. The van der Waals surface area contributed by atoms with Crippen LogP contribution in [-0.2, 0) is 6.54 Å². The summed E-state index contributed by atoms with van der Waals surface area (Å²) in [5.74, 6) is 2.01. The van der Waals surface area contributed by atoms with E-state index in [2.05, 4.69) is 17.2 Å². The molecule has 0 atom stereocenters. The van der Waals surface area contributed by atoms with Gasteiger partial charge in [0, 0.05) is 17.3 Å². The van der Waals surface area contributed by atoms with Crippen molar-refractivity contribution < 1.29 is 9.47 Å². The Labute approximate surface area is 155 Å². The number of ether oxygens (including phenoxy) is 2. The largest absolute Gasteiger partial charge is 0.497 e. The zero-order valence-corrected chi connectivity index (χ0v) is 15.5. The summed E-state index contributed by atoms with van der Waals surface area (Å²) in [4.78, 5) is 4.47. The van der Waals surface area contributed by atoms with Crippen LogP contribution in [0.3, 0.4) is 0 Å². The van der Waals surface area contributed by atoms with Crippen LogP contribution in [0.1, 0.15) is 36.8 Å². The molecule has 2 aromatic carbocycles. The molecule has 1 saturated carbocycles. The number of benzene rings is 2. The number of anilines is 1. The Morgan fingerprint density at radius 2 is 1.88 bits per heavy atom. The molecule has 2 aromatic rings. The summed E-state index contributed by atoms with van der Waals surface area (Å²) in [5, 5.41) is 3.12. The predicted molar refractivity (Wildman–Crippen MR) is 106 cm³/mol. The van der Waals surface area contributed by atoms with Gasteiger partial charge in [-0.25, -0.2) is 4.99 Å². The van der Waals surface area contributed by atoms with Gasteiger partial charge in [-0.1, -0.05) is 17.7 Å². The zero-order valence-electron chi connectivity index (χ0n) is 15.5. The third-order valence-corrected chi connectivity index (χ3v) is 4.61. The van der Waals surface area contributed by atoms with Crippen LogP contribution in [0.25, 0.3) is 0 Å². The molecule has 5 nitrogen and oxygen atoms in total. The van der Waals surface area contributed by atoms with E-state index < -0.39 is 0 Å². The number of nitrogens with one attached hydrogen (secondary N) is 1. The molecule has 0 aliphatic heterocycles. The number of nitrogens with zero attached hydrogens (tertiary/aromatic N) is 1. The number of hydrogen-bond donors (Lipinski definition) is 2. The lowest BCUT2D eigenvalue weighted by atomic mass is 10.2. The monoisotopic (exact) mass is 353 g/mol. The van der Waals surface area contributed by atoms with E-state index in [1.54, 1.807) is 7.11 Å². The number of methoxy groups -OCH3 is 1. The van der Waals surface area contributed by atoms with Gasteiger partial charge in [-0.3, -0.25) is 0 Å². The van der Waals surface area contributed by atoms with Gasteiger partial charge in [0.05, 0.1) is 19.8 Å². The minimum absolute atomic E-state index is 0.285. The molecule has 1 aliphatic rings. The minimum Gasteiger partial charge on any atom is -0.497 e. The quantitative estimate of drug-likeness (QED) is 0.602. The first-order valence-corrected chi connectivity index (χ1v) is 9.11. The van der Waals surface area contributed by atoms with E-state index in [1.807, 2.05) is 42.5 Å². The summed E-state index contributed by atoms with van der Waals surface area (Å²) in [7, 11) is 1.66. The van der Waals surface area contributed by atoms with Gasteiger partial charge < -0.3 is 20.5 Å². The highest BCUT2D eigenvalue weighted by Gasteiger charge is 2.18. The van der Waals surface area contributed by atoms with Crippen LogP contribution in [0.5, 0.6) is 11.5 Å². The van der Waals surface area contributed by atoms with E-state index in [0.29, 0.717) is 12.5 Å². The molecule has 3 N–H and O–H groups in total. The van der Waals surface area contributed by atoms with E-state index in [-0.39, 0.29) is 6.10 Å². The first-order valence-electron chi connectivity index (χ1n) is 9.11. The van der Waals surface area contributed by atoms with E-state index in [1.165, 1.54) is 18.4 Å². The molecule has 0 unspecified atom stereocenters. The Kier molecular flexibility index (Phi) is 6.00. The summed E-state index contributed by atoms with van der Waals surface area (Å²) < 4.78 is 11.5. The van der Waals surface area contributed by atoms with E-state index in [4.69, 9.17) is 15.2 Å². The third kappa shape index (κ3) is 4.91. The van der Waals surface area contributed by atoms with Crippen molar-refractivity contribution in [2.45, 2.75) is 45.3 Å². The lowest BCUT2D eigenvalue weighted by Crippen LogP contribution is -2.22. The topological polar surface area (TPSA) is 68.9 Å². The normalized spacial score (nSPS) is 15.1. The van der Waals surface area contributed by atoms with Crippen LogP contribution < -0.4 is 20.5 Å². The molecular formula is C21H27N3O2. The van der Waals surface area contributed by atoms with E-state index in [0.717, 1.165) is 35.6 Å². The van der Waals surface area contributed by atoms with Crippen LogP contribution in [0.15, 0.2) is 47.5 Å². The van der Waals surface area contributed by atoms with E-state index in [9.17, 15) is 0 Å². The summed E-state index contributed by atoms with van der Waals surface area (Å²) in [5.41, 5.74) is 9.17. The second-order valence-corrected chi connectivity index (χ2v) is 6.69. The van der Waals surface area contributed by atoms with Crippen LogP contribution in [0.2, 0.25) is 0 Å². The van der Waals surface area contributed by atoms with Crippen molar-refractivity contribution in [2.24, 2.45) is 10.7 Å². The fourth-order valence-electron chi connectivity index (χ4n) is 3.08. The summed E-state index contributed by atoms with van der Waals surface area (Å²) in [6.07, 6.45) is 4.96. The molecule has 0 radical (unpaired) electrons.